The minimum absolute atomic E-state index is 0.137. The average molecular weight is 397 g/mol. The van der Waals surface area contributed by atoms with Crippen LogP contribution in [0.5, 0.6) is 0 Å². The van der Waals surface area contributed by atoms with Crippen LogP contribution >= 0.6 is 0 Å². The van der Waals surface area contributed by atoms with Crippen LogP contribution in [0.4, 0.5) is 8.78 Å². The van der Waals surface area contributed by atoms with Gasteiger partial charge in [-0.05, 0) is 31.9 Å². The fraction of sp³-hybridized carbons (Fsp3) is 0.600. The molecule has 1 fully saturated rings. The van der Waals surface area contributed by atoms with Crippen LogP contribution in [0.3, 0.4) is 0 Å². The Hall–Kier alpha value is -2.06. The molecular weight excluding hydrogens is 368 g/mol. The number of morpholine rings is 1. The van der Waals surface area contributed by atoms with Gasteiger partial charge in [0.25, 0.3) is 5.91 Å². The third kappa shape index (κ3) is 5.97. The number of nitrogens with zero attached hydrogens (tertiary/aromatic N) is 1. The first-order valence-corrected chi connectivity index (χ1v) is 9.59. The van der Waals surface area contributed by atoms with E-state index < -0.39 is 29.1 Å². The van der Waals surface area contributed by atoms with Crippen molar-refractivity contribution in [1.29, 1.82) is 0 Å². The van der Waals surface area contributed by atoms with E-state index in [1.54, 1.807) is 13.8 Å². The zero-order valence-electron chi connectivity index (χ0n) is 16.8. The lowest BCUT2D eigenvalue weighted by Gasteiger charge is -2.35. The van der Waals surface area contributed by atoms with Crippen LogP contribution in [-0.4, -0.2) is 61.1 Å². The van der Waals surface area contributed by atoms with Gasteiger partial charge >= 0.3 is 0 Å². The van der Waals surface area contributed by atoms with Crippen molar-refractivity contribution < 1.29 is 23.1 Å². The average Bonchev–Trinajstić information content (AvgIpc) is 2.58. The Balaban J connectivity index is 1.92. The molecule has 2 N–H and O–H groups in total. The topological polar surface area (TPSA) is 70.7 Å². The summed E-state index contributed by atoms with van der Waals surface area (Å²) in [5.74, 6) is -3.50. The molecule has 0 aromatic heterocycles. The molecule has 28 heavy (non-hydrogen) atoms. The molecule has 2 amide bonds. The summed E-state index contributed by atoms with van der Waals surface area (Å²) in [6, 6.07) is 2.30. The first-order chi connectivity index (χ1) is 13.2. The van der Waals surface area contributed by atoms with Gasteiger partial charge in [0.05, 0.1) is 12.2 Å². The van der Waals surface area contributed by atoms with E-state index in [4.69, 9.17) is 4.74 Å². The molecule has 0 bridgehead atoms. The molecule has 2 rings (SSSR count). The van der Waals surface area contributed by atoms with Crippen molar-refractivity contribution in [1.82, 2.24) is 15.5 Å². The van der Waals surface area contributed by atoms with Crippen molar-refractivity contribution in [2.24, 2.45) is 5.92 Å². The van der Waals surface area contributed by atoms with Crippen LogP contribution in [0.2, 0.25) is 0 Å². The lowest BCUT2D eigenvalue weighted by molar-refractivity contribution is -0.124. The first kappa shape index (κ1) is 22.2. The fourth-order valence-corrected chi connectivity index (χ4v) is 3.38. The molecule has 0 spiro atoms. The third-order valence-electron chi connectivity index (χ3n) is 4.65. The van der Waals surface area contributed by atoms with Crippen molar-refractivity contribution in [3.63, 3.8) is 0 Å². The number of amides is 2. The van der Waals surface area contributed by atoms with Crippen LogP contribution in [0.15, 0.2) is 18.2 Å². The summed E-state index contributed by atoms with van der Waals surface area (Å²) < 4.78 is 33.3. The van der Waals surface area contributed by atoms with E-state index in [1.807, 2.05) is 13.8 Å². The molecule has 156 valence electrons. The summed E-state index contributed by atoms with van der Waals surface area (Å²) in [5.41, 5.74) is -0.683. The second kappa shape index (κ2) is 9.93. The summed E-state index contributed by atoms with van der Waals surface area (Å²) in [6.45, 7) is 10.2. The molecule has 0 aliphatic carbocycles. The van der Waals surface area contributed by atoms with E-state index in [0.29, 0.717) is 13.1 Å². The van der Waals surface area contributed by atoms with Crippen LogP contribution in [0, 0.1) is 17.6 Å². The van der Waals surface area contributed by atoms with Crippen molar-refractivity contribution in [2.45, 2.75) is 45.9 Å². The molecular formula is C20H29F2N3O3. The quantitative estimate of drug-likeness (QED) is 0.738. The summed E-state index contributed by atoms with van der Waals surface area (Å²) >= 11 is 0. The normalized spacial score (nSPS) is 21.4. The monoisotopic (exact) mass is 397 g/mol. The maximum Gasteiger partial charge on any atom is 0.257 e. The van der Waals surface area contributed by atoms with Crippen molar-refractivity contribution >= 4 is 11.8 Å². The Morgan fingerprint density at radius 2 is 1.75 bits per heavy atom. The van der Waals surface area contributed by atoms with E-state index in [0.717, 1.165) is 25.2 Å². The Bertz CT molecular complexity index is 669. The highest BCUT2D eigenvalue weighted by Crippen LogP contribution is 2.13. The lowest BCUT2D eigenvalue weighted by atomic mass is 10.0. The molecule has 1 aliphatic heterocycles. The molecule has 8 heteroatoms. The highest BCUT2D eigenvalue weighted by atomic mass is 19.1. The Morgan fingerprint density at radius 3 is 2.29 bits per heavy atom. The molecule has 1 aromatic carbocycles. The number of hydrogen-bond donors (Lipinski definition) is 2. The fourth-order valence-electron chi connectivity index (χ4n) is 3.38. The van der Waals surface area contributed by atoms with E-state index >= 15 is 0 Å². The minimum atomic E-state index is -0.962. The Morgan fingerprint density at radius 1 is 1.18 bits per heavy atom. The van der Waals surface area contributed by atoms with E-state index in [9.17, 15) is 18.4 Å². The molecule has 3 atom stereocenters. The molecule has 1 aliphatic rings. The minimum Gasteiger partial charge on any atom is -0.373 e. The highest BCUT2D eigenvalue weighted by molar-refractivity contribution is 5.98. The van der Waals surface area contributed by atoms with Gasteiger partial charge < -0.3 is 15.4 Å². The number of carbonyl (C=O) groups excluding carboxylic acids is 2. The van der Waals surface area contributed by atoms with Crippen LogP contribution in [-0.2, 0) is 9.53 Å². The van der Waals surface area contributed by atoms with Gasteiger partial charge in [0.15, 0.2) is 0 Å². The summed E-state index contributed by atoms with van der Waals surface area (Å²) in [7, 11) is 0. The van der Waals surface area contributed by atoms with Gasteiger partial charge in [-0.1, -0.05) is 19.9 Å². The van der Waals surface area contributed by atoms with Crippen LogP contribution in [0.1, 0.15) is 38.1 Å². The third-order valence-corrected chi connectivity index (χ3v) is 4.65. The number of ether oxygens (including phenoxy) is 1. The smallest absolute Gasteiger partial charge is 0.257 e. The predicted octanol–water partition coefficient (Wildman–Crippen LogP) is 1.94. The SMILES string of the molecule is CC1CN(CCNC(=O)C(NC(=O)c2c(F)cccc2F)C(C)C)CC(C)O1. The molecule has 0 radical (unpaired) electrons. The van der Waals surface area contributed by atoms with Crippen molar-refractivity contribution in [3.8, 4) is 0 Å². The Labute approximate surface area is 164 Å². The summed E-state index contributed by atoms with van der Waals surface area (Å²) in [4.78, 5) is 27.0. The maximum atomic E-state index is 13.8. The molecule has 1 saturated heterocycles. The van der Waals surface area contributed by atoms with Gasteiger partial charge in [0.2, 0.25) is 5.91 Å². The molecule has 1 aromatic rings. The number of hydrogen-bond acceptors (Lipinski definition) is 4. The highest BCUT2D eigenvalue weighted by Gasteiger charge is 2.27. The molecule has 0 saturated carbocycles. The van der Waals surface area contributed by atoms with Gasteiger partial charge in [-0.2, -0.15) is 0 Å². The van der Waals surface area contributed by atoms with Gasteiger partial charge in [-0.25, -0.2) is 8.78 Å². The largest absolute Gasteiger partial charge is 0.373 e. The second-order valence-corrected chi connectivity index (χ2v) is 7.60. The summed E-state index contributed by atoms with van der Waals surface area (Å²) in [6.07, 6.45) is 0.274. The Kier molecular flexibility index (Phi) is 7.88. The molecule has 1 heterocycles. The molecule has 6 nitrogen and oxygen atoms in total. The lowest BCUT2D eigenvalue weighted by Crippen LogP contribution is -2.52. The first-order valence-electron chi connectivity index (χ1n) is 9.59. The van der Waals surface area contributed by atoms with Crippen LogP contribution in [0.25, 0.3) is 0 Å². The zero-order valence-corrected chi connectivity index (χ0v) is 16.8. The standard InChI is InChI=1S/C20H29F2N3O3/c1-12(2)18(24-19(26)17-15(21)6-5-7-16(17)22)20(27)23-8-9-25-10-13(3)28-14(4)11-25/h5-7,12-14,18H,8-11H2,1-4H3,(H,23,27)(H,24,26). The van der Waals surface area contributed by atoms with E-state index in [1.165, 1.54) is 6.07 Å². The van der Waals surface area contributed by atoms with E-state index in [2.05, 4.69) is 15.5 Å². The zero-order chi connectivity index (χ0) is 20.8. The second-order valence-electron chi connectivity index (χ2n) is 7.60. The number of rotatable bonds is 7. The van der Waals surface area contributed by atoms with Gasteiger partial charge in [-0.15, -0.1) is 0 Å². The van der Waals surface area contributed by atoms with Crippen LogP contribution < -0.4 is 10.6 Å². The number of carbonyl (C=O) groups is 2. The molecule has 3 unspecified atom stereocenters. The van der Waals surface area contributed by atoms with Gasteiger partial charge in [-0.3, -0.25) is 14.5 Å². The van der Waals surface area contributed by atoms with Crippen molar-refractivity contribution in [2.75, 3.05) is 26.2 Å². The van der Waals surface area contributed by atoms with Gasteiger partial charge in [0.1, 0.15) is 23.2 Å². The van der Waals surface area contributed by atoms with Crippen molar-refractivity contribution in [3.05, 3.63) is 35.4 Å². The number of benzene rings is 1. The number of nitrogens with one attached hydrogen (secondary N) is 2. The maximum absolute atomic E-state index is 13.8. The van der Waals surface area contributed by atoms with E-state index in [-0.39, 0.29) is 24.0 Å². The predicted molar refractivity (Wildman–Crippen MR) is 102 cm³/mol. The summed E-state index contributed by atoms with van der Waals surface area (Å²) in [5, 5.41) is 5.26. The van der Waals surface area contributed by atoms with Gasteiger partial charge in [0, 0.05) is 26.2 Å². The number of halogens is 2.